The van der Waals surface area contributed by atoms with Gasteiger partial charge in [0.05, 0.1) is 0 Å². The smallest absolute Gasteiger partial charge is 0.111 e. The lowest BCUT2D eigenvalue weighted by atomic mass is 10.1. The van der Waals surface area contributed by atoms with E-state index >= 15 is 0 Å². The number of aromatic nitrogens is 2. The Morgan fingerprint density at radius 3 is 2.22 bits per heavy atom. The molecule has 0 fully saturated rings. The fourth-order valence-corrected chi connectivity index (χ4v) is 2.43. The van der Waals surface area contributed by atoms with Crippen molar-refractivity contribution in [1.29, 1.82) is 0 Å². The van der Waals surface area contributed by atoms with E-state index in [0.29, 0.717) is 5.92 Å². The zero-order chi connectivity index (χ0) is 13.2. The standard InChI is InChI=1S/C16H30N2/c1-4-5-6-7-8-9-10-11-13-18-14-12-17-16(18)15(2)3/h12,14-15H,4-11,13H2,1-3H3. The Bertz CT molecular complexity index is 302. The highest BCUT2D eigenvalue weighted by atomic mass is 15.1. The van der Waals surface area contributed by atoms with E-state index in [2.05, 4.69) is 36.5 Å². The van der Waals surface area contributed by atoms with Gasteiger partial charge in [0, 0.05) is 24.9 Å². The topological polar surface area (TPSA) is 17.8 Å². The molecule has 1 heterocycles. The summed E-state index contributed by atoms with van der Waals surface area (Å²) in [5.41, 5.74) is 0. The minimum atomic E-state index is 0.536. The molecule has 104 valence electrons. The van der Waals surface area contributed by atoms with Crippen LogP contribution < -0.4 is 0 Å². The van der Waals surface area contributed by atoms with Crippen LogP contribution in [0, 0.1) is 0 Å². The number of imidazole rings is 1. The molecule has 0 atom stereocenters. The lowest BCUT2D eigenvalue weighted by Crippen LogP contribution is -2.04. The van der Waals surface area contributed by atoms with Crippen molar-refractivity contribution in [3.8, 4) is 0 Å². The summed E-state index contributed by atoms with van der Waals surface area (Å²) in [6.45, 7) is 7.85. The minimum Gasteiger partial charge on any atom is -0.335 e. The van der Waals surface area contributed by atoms with Gasteiger partial charge in [0.1, 0.15) is 5.82 Å². The van der Waals surface area contributed by atoms with E-state index < -0.39 is 0 Å². The number of unbranched alkanes of at least 4 members (excludes halogenated alkanes) is 7. The fraction of sp³-hybridized carbons (Fsp3) is 0.812. The highest BCUT2D eigenvalue weighted by Gasteiger charge is 2.05. The third-order valence-electron chi connectivity index (χ3n) is 3.52. The zero-order valence-corrected chi connectivity index (χ0v) is 12.5. The van der Waals surface area contributed by atoms with Crippen molar-refractivity contribution in [2.75, 3.05) is 0 Å². The summed E-state index contributed by atoms with van der Waals surface area (Å²) in [4.78, 5) is 4.43. The van der Waals surface area contributed by atoms with E-state index in [4.69, 9.17) is 0 Å². The Kier molecular flexibility index (Phi) is 7.79. The van der Waals surface area contributed by atoms with E-state index in [-0.39, 0.29) is 0 Å². The molecule has 0 aliphatic heterocycles. The van der Waals surface area contributed by atoms with Gasteiger partial charge in [-0.2, -0.15) is 0 Å². The summed E-state index contributed by atoms with van der Waals surface area (Å²) in [6.07, 6.45) is 15.1. The number of hydrogen-bond acceptors (Lipinski definition) is 1. The maximum Gasteiger partial charge on any atom is 0.111 e. The highest BCUT2D eigenvalue weighted by molar-refractivity contribution is 4.97. The Balaban J connectivity index is 2.05. The summed E-state index contributed by atoms with van der Waals surface area (Å²) >= 11 is 0. The maximum atomic E-state index is 4.43. The summed E-state index contributed by atoms with van der Waals surface area (Å²) in [7, 11) is 0. The van der Waals surface area contributed by atoms with Crippen molar-refractivity contribution >= 4 is 0 Å². The first kappa shape index (κ1) is 15.3. The first-order chi connectivity index (χ1) is 8.75. The third kappa shape index (κ3) is 5.70. The van der Waals surface area contributed by atoms with Crippen LogP contribution in [0.2, 0.25) is 0 Å². The molecule has 0 unspecified atom stereocenters. The maximum absolute atomic E-state index is 4.43. The van der Waals surface area contributed by atoms with E-state index in [0.717, 1.165) is 6.54 Å². The summed E-state index contributed by atoms with van der Waals surface area (Å²) in [6, 6.07) is 0. The number of aryl methyl sites for hydroxylation is 1. The van der Waals surface area contributed by atoms with E-state index in [1.165, 1.54) is 57.2 Å². The Morgan fingerprint density at radius 2 is 1.61 bits per heavy atom. The van der Waals surface area contributed by atoms with Crippen LogP contribution in [-0.2, 0) is 6.54 Å². The van der Waals surface area contributed by atoms with Crippen LogP contribution >= 0.6 is 0 Å². The lowest BCUT2D eigenvalue weighted by molar-refractivity contribution is 0.528. The normalized spacial score (nSPS) is 11.3. The van der Waals surface area contributed by atoms with Gasteiger partial charge < -0.3 is 4.57 Å². The molecule has 0 saturated heterocycles. The van der Waals surface area contributed by atoms with Crippen LogP contribution in [0.5, 0.6) is 0 Å². The Morgan fingerprint density at radius 1 is 1.00 bits per heavy atom. The van der Waals surface area contributed by atoms with Crippen LogP contribution in [0.25, 0.3) is 0 Å². The van der Waals surface area contributed by atoms with Crippen molar-refractivity contribution in [2.24, 2.45) is 0 Å². The molecule has 1 aromatic rings. The molecule has 0 spiro atoms. The molecule has 2 heteroatoms. The predicted octanol–water partition coefficient (Wildman–Crippen LogP) is 5.15. The van der Waals surface area contributed by atoms with Crippen LogP contribution in [0.1, 0.15) is 83.9 Å². The van der Waals surface area contributed by atoms with E-state index in [9.17, 15) is 0 Å². The molecule has 0 radical (unpaired) electrons. The third-order valence-corrected chi connectivity index (χ3v) is 3.52. The molecule has 0 aromatic carbocycles. The lowest BCUT2D eigenvalue weighted by Gasteiger charge is -2.10. The molecule has 0 aliphatic rings. The summed E-state index contributed by atoms with van der Waals surface area (Å²) < 4.78 is 2.32. The SMILES string of the molecule is CCCCCCCCCCn1ccnc1C(C)C. The van der Waals surface area contributed by atoms with Gasteiger partial charge in [-0.15, -0.1) is 0 Å². The Labute approximate surface area is 113 Å². The molecular formula is C16H30N2. The molecule has 1 rings (SSSR count). The molecule has 0 bridgehead atoms. The summed E-state index contributed by atoms with van der Waals surface area (Å²) in [5, 5.41) is 0. The zero-order valence-electron chi connectivity index (χ0n) is 12.5. The first-order valence-corrected chi connectivity index (χ1v) is 7.76. The second-order valence-electron chi connectivity index (χ2n) is 5.61. The predicted molar refractivity (Wildman–Crippen MR) is 78.9 cm³/mol. The second-order valence-corrected chi connectivity index (χ2v) is 5.61. The van der Waals surface area contributed by atoms with Crippen molar-refractivity contribution in [1.82, 2.24) is 9.55 Å². The van der Waals surface area contributed by atoms with Crippen LogP contribution in [-0.4, -0.2) is 9.55 Å². The number of nitrogens with zero attached hydrogens (tertiary/aromatic N) is 2. The molecular weight excluding hydrogens is 220 g/mol. The van der Waals surface area contributed by atoms with Crippen molar-refractivity contribution in [3.05, 3.63) is 18.2 Å². The molecule has 0 aliphatic carbocycles. The highest BCUT2D eigenvalue weighted by Crippen LogP contribution is 2.14. The van der Waals surface area contributed by atoms with Gasteiger partial charge in [-0.05, 0) is 6.42 Å². The van der Waals surface area contributed by atoms with Gasteiger partial charge in [0.25, 0.3) is 0 Å². The van der Waals surface area contributed by atoms with Gasteiger partial charge in [-0.1, -0.05) is 65.7 Å². The van der Waals surface area contributed by atoms with Gasteiger partial charge in [-0.3, -0.25) is 0 Å². The van der Waals surface area contributed by atoms with E-state index in [1.807, 2.05) is 6.20 Å². The first-order valence-electron chi connectivity index (χ1n) is 7.76. The number of hydrogen-bond donors (Lipinski definition) is 0. The largest absolute Gasteiger partial charge is 0.335 e. The molecule has 0 saturated carbocycles. The van der Waals surface area contributed by atoms with Gasteiger partial charge in [0.15, 0.2) is 0 Å². The minimum absolute atomic E-state index is 0.536. The molecule has 0 amide bonds. The molecule has 18 heavy (non-hydrogen) atoms. The van der Waals surface area contributed by atoms with Crippen molar-refractivity contribution in [3.63, 3.8) is 0 Å². The van der Waals surface area contributed by atoms with Gasteiger partial charge >= 0.3 is 0 Å². The quantitative estimate of drug-likeness (QED) is 0.525. The molecule has 2 nitrogen and oxygen atoms in total. The van der Waals surface area contributed by atoms with Gasteiger partial charge in [0.2, 0.25) is 0 Å². The fourth-order valence-electron chi connectivity index (χ4n) is 2.43. The monoisotopic (exact) mass is 250 g/mol. The molecule has 1 aromatic heterocycles. The van der Waals surface area contributed by atoms with Crippen molar-refractivity contribution < 1.29 is 0 Å². The van der Waals surface area contributed by atoms with E-state index in [1.54, 1.807) is 0 Å². The molecule has 0 N–H and O–H groups in total. The number of rotatable bonds is 10. The average molecular weight is 250 g/mol. The van der Waals surface area contributed by atoms with Gasteiger partial charge in [-0.25, -0.2) is 4.98 Å². The van der Waals surface area contributed by atoms with Crippen LogP contribution in [0.15, 0.2) is 12.4 Å². The Hall–Kier alpha value is -0.790. The average Bonchev–Trinajstić information content (AvgIpc) is 2.81. The van der Waals surface area contributed by atoms with Crippen molar-refractivity contribution in [2.45, 2.75) is 84.6 Å². The summed E-state index contributed by atoms with van der Waals surface area (Å²) in [5.74, 6) is 1.77. The second kappa shape index (κ2) is 9.18. The van der Waals surface area contributed by atoms with Crippen LogP contribution in [0.3, 0.4) is 0 Å². The van der Waals surface area contributed by atoms with Crippen LogP contribution in [0.4, 0.5) is 0 Å².